The van der Waals surface area contributed by atoms with Crippen LogP contribution >= 0.6 is 0 Å². The molecule has 1 aromatic carbocycles. The van der Waals surface area contributed by atoms with E-state index in [-0.39, 0.29) is 6.04 Å². The van der Waals surface area contributed by atoms with Gasteiger partial charge in [0.1, 0.15) is 12.7 Å². The zero-order chi connectivity index (χ0) is 16.8. The Morgan fingerprint density at radius 3 is 2.62 bits per heavy atom. The Bertz CT molecular complexity index is 739. The lowest BCUT2D eigenvalue weighted by atomic mass is 10.0. The van der Waals surface area contributed by atoms with Crippen molar-refractivity contribution >= 4 is 0 Å². The lowest BCUT2D eigenvalue weighted by Gasteiger charge is -2.21. The number of hydrogen-bond donors (Lipinski definition) is 1. The molecule has 0 amide bonds. The smallest absolute Gasteiger partial charge is 0.123 e. The topological polar surface area (TPSA) is 55.6 Å². The third-order valence-electron chi connectivity index (χ3n) is 4.18. The first kappa shape index (κ1) is 16.3. The Hall–Kier alpha value is -2.53. The van der Waals surface area contributed by atoms with E-state index in [1.54, 1.807) is 12.7 Å². The fourth-order valence-corrected chi connectivity index (χ4v) is 2.81. The van der Waals surface area contributed by atoms with E-state index in [0.717, 1.165) is 24.2 Å². The first-order chi connectivity index (χ1) is 11.7. The molecule has 0 aliphatic rings. The SMILES string of the molecule is CC(CCc1ccccn1)NC(C)c1cccc(-n2cnnc2)c1. The molecule has 0 bridgehead atoms. The largest absolute Gasteiger partial charge is 0.308 e. The zero-order valence-corrected chi connectivity index (χ0v) is 14.1. The summed E-state index contributed by atoms with van der Waals surface area (Å²) in [6.45, 7) is 4.42. The number of benzene rings is 1. The summed E-state index contributed by atoms with van der Waals surface area (Å²) >= 11 is 0. The standard InChI is InChI=1S/C19H23N5/c1-15(9-10-18-7-3-4-11-20-18)23-16(2)17-6-5-8-19(12-17)24-13-21-22-14-24/h3-8,11-16,23H,9-10H2,1-2H3. The lowest BCUT2D eigenvalue weighted by Crippen LogP contribution is -2.29. The molecule has 5 heteroatoms. The summed E-state index contributed by atoms with van der Waals surface area (Å²) in [4.78, 5) is 4.39. The van der Waals surface area contributed by atoms with Gasteiger partial charge in [0.2, 0.25) is 0 Å². The highest BCUT2D eigenvalue weighted by Gasteiger charge is 2.11. The van der Waals surface area contributed by atoms with Gasteiger partial charge in [-0.2, -0.15) is 0 Å². The van der Waals surface area contributed by atoms with Crippen LogP contribution in [0.15, 0.2) is 61.3 Å². The van der Waals surface area contributed by atoms with E-state index < -0.39 is 0 Å². The minimum absolute atomic E-state index is 0.278. The second-order valence-corrected chi connectivity index (χ2v) is 6.11. The van der Waals surface area contributed by atoms with Crippen molar-refractivity contribution in [2.45, 2.75) is 38.8 Å². The predicted octanol–water partition coefficient (Wildman–Crippen LogP) is 3.33. The van der Waals surface area contributed by atoms with Crippen LogP contribution in [0.2, 0.25) is 0 Å². The quantitative estimate of drug-likeness (QED) is 0.725. The molecule has 1 N–H and O–H groups in total. The maximum absolute atomic E-state index is 4.39. The monoisotopic (exact) mass is 321 g/mol. The van der Waals surface area contributed by atoms with Crippen LogP contribution in [0.1, 0.15) is 37.6 Å². The van der Waals surface area contributed by atoms with Crippen LogP contribution in [0.4, 0.5) is 0 Å². The van der Waals surface area contributed by atoms with E-state index in [2.05, 4.69) is 64.7 Å². The first-order valence-electron chi connectivity index (χ1n) is 8.33. The molecular formula is C19H23N5. The molecule has 3 rings (SSSR count). The molecule has 24 heavy (non-hydrogen) atoms. The van der Waals surface area contributed by atoms with E-state index in [1.165, 1.54) is 5.56 Å². The summed E-state index contributed by atoms with van der Waals surface area (Å²) in [6.07, 6.45) is 7.33. The fraction of sp³-hybridized carbons (Fsp3) is 0.316. The molecule has 0 fully saturated rings. The summed E-state index contributed by atoms with van der Waals surface area (Å²) < 4.78 is 1.92. The Morgan fingerprint density at radius 1 is 1.04 bits per heavy atom. The van der Waals surface area contributed by atoms with Crippen LogP contribution in [0, 0.1) is 0 Å². The average molecular weight is 321 g/mol. The van der Waals surface area contributed by atoms with Gasteiger partial charge in [-0.3, -0.25) is 9.55 Å². The number of rotatable bonds is 7. The summed E-state index contributed by atoms with van der Waals surface area (Å²) in [6, 6.07) is 15.2. The molecule has 5 nitrogen and oxygen atoms in total. The molecule has 2 atom stereocenters. The van der Waals surface area contributed by atoms with Gasteiger partial charge in [0, 0.05) is 29.7 Å². The van der Waals surface area contributed by atoms with Gasteiger partial charge in [-0.25, -0.2) is 0 Å². The number of nitrogens with one attached hydrogen (secondary N) is 1. The van der Waals surface area contributed by atoms with Gasteiger partial charge in [-0.05, 0) is 56.5 Å². The van der Waals surface area contributed by atoms with Gasteiger partial charge >= 0.3 is 0 Å². The second-order valence-electron chi connectivity index (χ2n) is 6.11. The summed E-state index contributed by atoms with van der Waals surface area (Å²) in [7, 11) is 0. The van der Waals surface area contributed by atoms with Crippen molar-refractivity contribution in [2.75, 3.05) is 0 Å². The van der Waals surface area contributed by atoms with E-state index >= 15 is 0 Å². The minimum Gasteiger partial charge on any atom is -0.308 e. The van der Waals surface area contributed by atoms with Gasteiger partial charge in [0.15, 0.2) is 0 Å². The molecule has 3 aromatic rings. The summed E-state index contributed by atoms with van der Waals surface area (Å²) in [5, 5.41) is 11.4. The van der Waals surface area contributed by atoms with Crippen molar-refractivity contribution in [3.8, 4) is 5.69 Å². The summed E-state index contributed by atoms with van der Waals surface area (Å²) in [5.41, 5.74) is 3.48. The lowest BCUT2D eigenvalue weighted by molar-refractivity contribution is 0.455. The van der Waals surface area contributed by atoms with E-state index in [1.807, 2.05) is 22.9 Å². The maximum Gasteiger partial charge on any atom is 0.123 e. The molecule has 2 aromatic heterocycles. The van der Waals surface area contributed by atoms with E-state index in [0.29, 0.717) is 6.04 Å². The van der Waals surface area contributed by atoms with Crippen LogP contribution in [0.3, 0.4) is 0 Å². The average Bonchev–Trinajstić information content (AvgIpc) is 3.16. The Labute approximate surface area is 142 Å². The van der Waals surface area contributed by atoms with Gasteiger partial charge in [0.25, 0.3) is 0 Å². The van der Waals surface area contributed by atoms with Gasteiger partial charge in [0.05, 0.1) is 0 Å². The normalized spacial score (nSPS) is 13.6. The molecule has 0 aliphatic heterocycles. The molecule has 0 spiro atoms. The minimum atomic E-state index is 0.278. The third-order valence-corrected chi connectivity index (χ3v) is 4.18. The van der Waals surface area contributed by atoms with Crippen LogP contribution in [0.5, 0.6) is 0 Å². The highest BCUT2D eigenvalue weighted by atomic mass is 15.2. The number of nitrogens with zero attached hydrogens (tertiary/aromatic N) is 4. The van der Waals surface area contributed by atoms with Crippen molar-refractivity contribution < 1.29 is 0 Å². The Balaban J connectivity index is 1.58. The van der Waals surface area contributed by atoms with E-state index in [9.17, 15) is 0 Å². The molecule has 2 unspecified atom stereocenters. The summed E-state index contributed by atoms with van der Waals surface area (Å²) in [5.74, 6) is 0. The molecule has 0 aliphatic carbocycles. The molecule has 0 saturated heterocycles. The molecular weight excluding hydrogens is 298 g/mol. The highest BCUT2D eigenvalue weighted by Crippen LogP contribution is 2.18. The van der Waals surface area contributed by atoms with Crippen molar-refractivity contribution in [2.24, 2.45) is 0 Å². The van der Waals surface area contributed by atoms with E-state index in [4.69, 9.17) is 0 Å². The van der Waals surface area contributed by atoms with Gasteiger partial charge < -0.3 is 5.32 Å². The van der Waals surface area contributed by atoms with Crippen LogP contribution < -0.4 is 5.32 Å². The fourth-order valence-electron chi connectivity index (χ4n) is 2.81. The number of aromatic nitrogens is 4. The Kier molecular flexibility index (Phi) is 5.33. The highest BCUT2D eigenvalue weighted by molar-refractivity contribution is 5.36. The van der Waals surface area contributed by atoms with Crippen LogP contribution in [0.25, 0.3) is 5.69 Å². The van der Waals surface area contributed by atoms with Gasteiger partial charge in [-0.15, -0.1) is 10.2 Å². The molecule has 124 valence electrons. The van der Waals surface area contributed by atoms with Crippen molar-refractivity contribution in [3.05, 3.63) is 72.6 Å². The predicted molar refractivity (Wildman–Crippen MR) is 94.9 cm³/mol. The van der Waals surface area contributed by atoms with Gasteiger partial charge in [-0.1, -0.05) is 18.2 Å². The number of pyridine rings is 1. The second kappa shape index (κ2) is 7.84. The third kappa shape index (κ3) is 4.26. The van der Waals surface area contributed by atoms with Crippen molar-refractivity contribution in [1.82, 2.24) is 25.1 Å². The van der Waals surface area contributed by atoms with Crippen LogP contribution in [-0.4, -0.2) is 25.8 Å². The van der Waals surface area contributed by atoms with Crippen molar-refractivity contribution in [3.63, 3.8) is 0 Å². The number of hydrogen-bond acceptors (Lipinski definition) is 4. The van der Waals surface area contributed by atoms with Crippen LogP contribution in [-0.2, 0) is 6.42 Å². The van der Waals surface area contributed by atoms with Crippen molar-refractivity contribution in [1.29, 1.82) is 0 Å². The molecule has 0 radical (unpaired) electrons. The Morgan fingerprint density at radius 2 is 1.88 bits per heavy atom. The zero-order valence-electron chi connectivity index (χ0n) is 14.1. The number of aryl methyl sites for hydroxylation is 1. The first-order valence-corrected chi connectivity index (χ1v) is 8.33. The maximum atomic E-state index is 4.39. The molecule has 0 saturated carbocycles. The molecule has 2 heterocycles.